The Labute approximate surface area is 90.4 Å². The van der Waals surface area contributed by atoms with Crippen LogP contribution < -0.4 is 5.73 Å². The van der Waals surface area contributed by atoms with Gasteiger partial charge in [0.05, 0.1) is 17.3 Å². The number of sulfone groups is 1. The lowest BCUT2D eigenvalue weighted by Gasteiger charge is -2.30. The van der Waals surface area contributed by atoms with E-state index in [2.05, 4.69) is 0 Å². The Morgan fingerprint density at radius 1 is 1.47 bits per heavy atom. The van der Waals surface area contributed by atoms with E-state index in [1.807, 2.05) is 0 Å². The van der Waals surface area contributed by atoms with E-state index in [0.717, 1.165) is 6.26 Å². The molecule has 1 rings (SSSR count). The Bertz CT molecular complexity index is 414. The van der Waals surface area contributed by atoms with Gasteiger partial charge in [0.25, 0.3) is 0 Å². The molecule has 0 aliphatic carbocycles. The van der Waals surface area contributed by atoms with Gasteiger partial charge in [-0.3, -0.25) is 0 Å². The fourth-order valence-electron chi connectivity index (χ4n) is 1.59. The number of hydrogen-bond donors (Lipinski definition) is 1. The number of hydrogen-bond acceptors (Lipinski definition) is 5. The van der Waals surface area contributed by atoms with Crippen LogP contribution in [0.5, 0.6) is 0 Å². The van der Waals surface area contributed by atoms with Crippen LogP contribution in [-0.2, 0) is 19.9 Å². The normalized spacial score (nSPS) is 27.7. The average Bonchev–Trinajstić information content (AvgIpc) is 2.06. The first-order valence-corrected chi connectivity index (χ1v) is 8.20. The SMILES string of the molecule is CS(=O)(=O)N1CCS(=O)(=O)C(CCN)C1. The lowest BCUT2D eigenvalue weighted by Crippen LogP contribution is -2.49. The first-order valence-electron chi connectivity index (χ1n) is 4.64. The summed E-state index contributed by atoms with van der Waals surface area (Å²) in [5.41, 5.74) is 5.30. The molecule has 1 unspecified atom stereocenters. The van der Waals surface area contributed by atoms with E-state index in [1.54, 1.807) is 0 Å². The van der Waals surface area contributed by atoms with Crippen LogP contribution in [0.25, 0.3) is 0 Å². The highest BCUT2D eigenvalue weighted by Gasteiger charge is 2.35. The third-order valence-electron chi connectivity index (χ3n) is 2.50. The molecule has 1 aliphatic rings. The zero-order valence-electron chi connectivity index (χ0n) is 8.59. The lowest BCUT2D eigenvalue weighted by atomic mass is 10.3. The summed E-state index contributed by atoms with van der Waals surface area (Å²) in [5.74, 6) is -0.106. The fraction of sp³-hybridized carbons (Fsp3) is 1.00. The maximum Gasteiger partial charge on any atom is 0.211 e. The van der Waals surface area contributed by atoms with E-state index in [4.69, 9.17) is 5.73 Å². The molecule has 2 N–H and O–H groups in total. The number of rotatable bonds is 3. The minimum Gasteiger partial charge on any atom is -0.330 e. The molecule has 0 saturated carbocycles. The van der Waals surface area contributed by atoms with E-state index in [1.165, 1.54) is 4.31 Å². The zero-order valence-corrected chi connectivity index (χ0v) is 10.2. The topological polar surface area (TPSA) is 97.5 Å². The molecule has 0 aromatic heterocycles. The summed E-state index contributed by atoms with van der Waals surface area (Å²) >= 11 is 0. The Balaban J connectivity index is 2.85. The van der Waals surface area contributed by atoms with Gasteiger partial charge in [0.2, 0.25) is 10.0 Å². The van der Waals surface area contributed by atoms with Gasteiger partial charge < -0.3 is 5.73 Å². The molecule has 0 amide bonds. The highest BCUT2D eigenvalue weighted by atomic mass is 32.2. The standard InChI is InChI=1S/C7H16N2O4S2/c1-14(10,11)9-4-5-15(12,13)7(6-9)2-3-8/h7H,2-6,8H2,1H3. The maximum absolute atomic E-state index is 11.6. The summed E-state index contributed by atoms with van der Waals surface area (Å²) in [6.07, 6.45) is 1.40. The number of nitrogens with two attached hydrogens (primary N) is 1. The molecule has 8 heteroatoms. The predicted octanol–water partition coefficient (Wildman–Crippen LogP) is -1.61. The molecule has 1 heterocycles. The van der Waals surface area contributed by atoms with Gasteiger partial charge in [-0.15, -0.1) is 0 Å². The largest absolute Gasteiger partial charge is 0.330 e. The van der Waals surface area contributed by atoms with E-state index >= 15 is 0 Å². The van der Waals surface area contributed by atoms with Crippen LogP contribution in [0.4, 0.5) is 0 Å². The smallest absolute Gasteiger partial charge is 0.211 e. The molecule has 1 saturated heterocycles. The number of sulfonamides is 1. The van der Waals surface area contributed by atoms with Gasteiger partial charge in [0.1, 0.15) is 0 Å². The second kappa shape index (κ2) is 4.36. The molecular formula is C7H16N2O4S2. The maximum atomic E-state index is 11.6. The molecular weight excluding hydrogens is 240 g/mol. The second-order valence-corrected chi connectivity index (χ2v) is 8.07. The molecule has 0 radical (unpaired) electrons. The predicted molar refractivity (Wildman–Crippen MR) is 57.7 cm³/mol. The Kier molecular flexibility index (Phi) is 3.75. The van der Waals surface area contributed by atoms with Crippen LogP contribution in [0, 0.1) is 0 Å². The minimum atomic E-state index is -3.30. The van der Waals surface area contributed by atoms with Crippen molar-refractivity contribution in [3.05, 3.63) is 0 Å². The van der Waals surface area contributed by atoms with Gasteiger partial charge in [-0.25, -0.2) is 16.8 Å². The highest BCUT2D eigenvalue weighted by Crippen LogP contribution is 2.17. The number of nitrogens with zero attached hydrogens (tertiary/aromatic N) is 1. The minimum absolute atomic E-state index is 0.0400. The van der Waals surface area contributed by atoms with E-state index < -0.39 is 25.1 Å². The monoisotopic (exact) mass is 256 g/mol. The molecule has 1 fully saturated rings. The van der Waals surface area contributed by atoms with Gasteiger partial charge in [-0.1, -0.05) is 0 Å². The third kappa shape index (κ3) is 3.13. The van der Waals surface area contributed by atoms with Crippen LogP contribution in [-0.4, -0.2) is 58.0 Å². The highest BCUT2D eigenvalue weighted by molar-refractivity contribution is 7.92. The summed E-state index contributed by atoms with van der Waals surface area (Å²) in [5, 5.41) is -0.647. The van der Waals surface area contributed by atoms with Gasteiger partial charge >= 0.3 is 0 Å². The van der Waals surface area contributed by atoms with Gasteiger partial charge in [-0.2, -0.15) is 4.31 Å². The van der Waals surface area contributed by atoms with Crippen molar-refractivity contribution in [1.29, 1.82) is 0 Å². The van der Waals surface area contributed by atoms with Crippen LogP contribution in [0.3, 0.4) is 0 Å². The average molecular weight is 256 g/mol. The Morgan fingerprint density at radius 3 is 2.53 bits per heavy atom. The van der Waals surface area contributed by atoms with Crippen molar-refractivity contribution in [2.45, 2.75) is 11.7 Å². The molecule has 0 aromatic carbocycles. The van der Waals surface area contributed by atoms with Crippen molar-refractivity contribution >= 4 is 19.9 Å². The van der Waals surface area contributed by atoms with Crippen LogP contribution in [0.1, 0.15) is 6.42 Å². The molecule has 1 aliphatic heterocycles. The molecule has 90 valence electrons. The van der Waals surface area contributed by atoms with Crippen LogP contribution in [0.2, 0.25) is 0 Å². The van der Waals surface area contributed by atoms with E-state index in [9.17, 15) is 16.8 Å². The Hall–Kier alpha value is -0.180. The van der Waals surface area contributed by atoms with Gasteiger partial charge in [0.15, 0.2) is 9.84 Å². The third-order valence-corrected chi connectivity index (χ3v) is 5.92. The molecule has 0 bridgehead atoms. The van der Waals surface area contributed by atoms with Crippen LogP contribution in [0.15, 0.2) is 0 Å². The summed E-state index contributed by atoms with van der Waals surface area (Å²) in [7, 11) is -6.46. The van der Waals surface area contributed by atoms with E-state index in [0.29, 0.717) is 6.42 Å². The van der Waals surface area contributed by atoms with Crippen molar-refractivity contribution < 1.29 is 16.8 Å². The van der Waals surface area contributed by atoms with Gasteiger partial charge in [0, 0.05) is 13.1 Å². The second-order valence-electron chi connectivity index (χ2n) is 3.69. The quantitative estimate of drug-likeness (QED) is 0.655. The van der Waals surface area contributed by atoms with Crippen LogP contribution >= 0.6 is 0 Å². The fourth-order valence-corrected chi connectivity index (χ4v) is 4.38. The van der Waals surface area contributed by atoms with Crippen molar-refractivity contribution in [3.63, 3.8) is 0 Å². The van der Waals surface area contributed by atoms with Crippen molar-refractivity contribution in [1.82, 2.24) is 4.31 Å². The molecule has 6 nitrogen and oxygen atoms in total. The van der Waals surface area contributed by atoms with E-state index in [-0.39, 0.29) is 25.4 Å². The first-order chi connectivity index (χ1) is 6.77. The molecule has 15 heavy (non-hydrogen) atoms. The summed E-state index contributed by atoms with van der Waals surface area (Å²) in [6.45, 7) is 0.349. The molecule has 1 atom stereocenters. The zero-order chi connectivity index (χ0) is 11.7. The lowest BCUT2D eigenvalue weighted by molar-refractivity contribution is 0.399. The van der Waals surface area contributed by atoms with Crippen molar-refractivity contribution in [2.24, 2.45) is 5.73 Å². The molecule has 0 aromatic rings. The van der Waals surface area contributed by atoms with Gasteiger partial charge in [-0.05, 0) is 13.0 Å². The Morgan fingerprint density at radius 2 is 2.07 bits per heavy atom. The molecule has 0 spiro atoms. The summed E-state index contributed by atoms with van der Waals surface area (Å²) < 4.78 is 46.8. The summed E-state index contributed by atoms with van der Waals surface area (Å²) in [4.78, 5) is 0. The summed E-state index contributed by atoms with van der Waals surface area (Å²) in [6, 6.07) is 0. The van der Waals surface area contributed by atoms with Crippen molar-refractivity contribution in [2.75, 3.05) is 31.6 Å². The van der Waals surface area contributed by atoms with Crippen molar-refractivity contribution in [3.8, 4) is 0 Å². The first kappa shape index (κ1) is 12.9.